The maximum atomic E-state index is 12.8. The Kier molecular flexibility index (Phi) is 16.9. The van der Waals surface area contributed by atoms with Crippen molar-refractivity contribution in [2.24, 2.45) is 0 Å². The topological polar surface area (TPSA) is 82.3 Å². The number of carbonyl (C=O) groups excluding carboxylic acids is 2. The highest BCUT2D eigenvalue weighted by atomic mass is 32.2. The van der Waals surface area contributed by atoms with Crippen molar-refractivity contribution in [3.8, 4) is 0 Å². The SMILES string of the molecule is CSCNC(CCCCNC(C)C)C(=O)NC(CCCCNC(C)C)C(C)=O. The van der Waals surface area contributed by atoms with Gasteiger partial charge in [0.25, 0.3) is 0 Å². The highest BCUT2D eigenvalue weighted by Crippen LogP contribution is 2.07. The second-order valence-electron chi connectivity index (χ2n) is 8.07. The van der Waals surface area contributed by atoms with Crippen LogP contribution in [-0.4, -0.2) is 61.1 Å². The molecule has 7 heteroatoms. The number of hydrogen-bond donors (Lipinski definition) is 4. The summed E-state index contributed by atoms with van der Waals surface area (Å²) in [5, 5.41) is 13.1. The summed E-state index contributed by atoms with van der Waals surface area (Å²) in [7, 11) is 0. The smallest absolute Gasteiger partial charge is 0.237 e. The minimum absolute atomic E-state index is 0.0370. The van der Waals surface area contributed by atoms with Gasteiger partial charge in [0, 0.05) is 18.0 Å². The van der Waals surface area contributed by atoms with Gasteiger partial charge in [-0.05, 0) is 58.4 Å². The van der Waals surface area contributed by atoms with Crippen LogP contribution < -0.4 is 21.3 Å². The van der Waals surface area contributed by atoms with Crippen molar-refractivity contribution in [2.45, 2.75) is 97.3 Å². The lowest BCUT2D eigenvalue weighted by molar-refractivity contribution is -0.128. The van der Waals surface area contributed by atoms with Crippen LogP contribution in [-0.2, 0) is 9.59 Å². The Morgan fingerprint density at radius 2 is 1.29 bits per heavy atom. The van der Waals surface area contributed by atoms with Gasteiger partial charge in [0.05, 0.1) is 12.1 Å². The van der Waals surface area contributed by atoms with Gasteiger partial charge in [-0.15, -0.1) is 11.8 Å². The van der Waals surface area contributed by atoms with E-state index in [4.69, 9.17) is 0 Å². The first-order chi connectivity index (χ1) is 13.3. The molecule has 0 bridgehead atoms. The molecule has 0 saturated carbocycles. The molecule has 2 unspecified atom stereocenters. The molecule has 6 nitrogen and oxygen atoms in total. The molecule has 4 N–H and O–H groups in total. The fourth-order valence-corrected chi connectivity index (χ4v) is 3.26. The number of Topliss-reactive ketones (excluding diaryl/α,β-unsaturated/α-hetero) is 1. The monoisotopic (exact) mass is 416 g/mol. The van der Waals surface area contributed by atoms with Crippen molar-refractivity contribution in [1.29, 1.82) is 0 Å². The van der Waals surface area contributed by atoms with Crippen LogP contribution in [0.15, 0.2) is 0 Å². The number of rotatable bonds is 18. The van der Waals surface area contributed by atoms with Crippen molar-refractivity contribution in [2.75, 3.05) is 25.2 Å². The lowest BCUT2D eigenvalue weighted by Crippen LogP contribution is -2.49. The van der Waals surface area contributed by atoms with Gasteiger partial charge < -0.3 is 16.0 Å². The second-order valence-corrected chi connectivity index (χ2v) is 8.94. The van der Waals surface area contributed by atoms with Crippen LogP contribution >= 0.6 is 11.8 Å². The molecule has 0 spiro atoms. The van der Waals surface area contributed by atoms with Crippen molar-refractivity contribution in [3.63, 3.8) is 0 Å². The first-order valence-electron chi connectivity index (χ1n) is 10.8. The van der Waals surface area contributed by atoms with E-state index in [-0.39, 0.29) is 23.8 Å². The number of hydrogen-bond acceptors (Lipinski definition) is 6. The fourth-order valence-electron chi connectivity index (χ4n) is 2.89. The average molecular weight is 417 g/mol. The van der Waals surface area contributed by atoms with Gasteiger partial charge in [0.2, 0.25) is 5.91 Å². The highest BCUT2D eigenvalue weighted by Gasteiger charge is 2.22. The Morgan fingerprint density at radius 1 is 0.786 bits per heavy atom. The van der Waals surface area contributed by atoms with Crippen LogP contribution in [0.5, 0.6) is 0 Å². The van der Waals surface area contributed by atoms with Crippen LogP contribution in [0.3, 0.4) is 0 Å². The van der Waals surface area contributed by atoms with Crippen LogP contribution in [0, 0.1) is 0 Å². The third-order valence-electron chi connectivity index (χ3n) is 4.54. The summed E-state index contributed by atoms with van der Waals surface area (Å²) in [5.41, 5.74) is 0. The summed E-state index contributed by atoms with van der Waals surface area (Å²) in [6.07, 6.45) is 7.46. The van der Waals surface area contributed by atoms with Gasteiger partial charge in [-0.3, -0.25) is 14.9 Å². The minimum Gasteiger partial charge on any atom is -0.345 e. The van der Waals surface area contributed by atoms with E-state index >= 15 is 0 Å². The number of thioether (sulfide) groups is 1. The molecule has 1 amide bonds. The van der Waals surface area contributed by atoms with E-state index in [0.29, 0.717) is 18.5 Å². The first kappa shape index (κ1) is 27.4. The molecule has 28 heavy (non-hydrogen) atoms. The summed E-state index contributed by atoms with van der Waals surface area (Å²) < 4.78 is 0. The lowest BCUT2D eigenvalue weighted by Gasteiger charge is -2.22. The number of unbranched alkanes of at least 4 members (excludes halogenated alkanes) is 2. The molecule has 0 saturated heterocycles. The summed E-state index contributed by atoms with van der Waals surface area (Å²) in [5.74, 6) is 0.717. The predicted molar refractivity (Wildman–Crippen MR) is 122 cm³/mol. The highest BCUT2D eigenvalue weighted by molar-refractivity contribution is 7.98. The van der Waals surface area contributed by atoms with E-state index in [0.717, 1.165) is 51.1 Å². The largest absolute Gasteiger partial charge is 0.345 e. The van der Waals surface area contributed by atoms with Crippen molar-refractivity contribution in [3.05, 3.63) is 0 Å². The van der Waals surface area contributed by atoms with E-state index in [1.807, 2.05) is 6.26 Å². The Bertz CT molecular complexity index is 419. The summed E-state index contributed by atoms with van der Waals surface area (Å²) in [4.78, 5) is 24.7. The molecule has 0 aliphatic heterocycles. The molecule has 0 aromatic heterocycles. The molecule has 0 aromatic carbocycles. The molecule has 0 fully saturated rings. The quantitative estimate of drug-likeness (QED) is 0.203. The van der Waals surface area contributed by atoms with E-state index in [1.54, 1.807) is 18.7 Å². The molecule has 2 atom stereocenters. The van der Waals surface area contributed by atoms with Crippen molar-refractivity contribution >= 4 is 23.5 Å². The van der Waals surface area contributed by atoms with Crippen molar-refractivity contribution < 1.29 is 9.59 Å². The zero-order chi connectivity index (χ0) is 21.4. The first-order valence-corrected chi connectivity index (χ1v) is 12.2. The van der Waals surface area contributed by atoms with Crippen LogP contribution in [0.25, 0.3) is 0 Å². The normalized spacial score (nSPS) is 13.7. The molecule has 0 radical (unpaired) electrons. The number of nitrogens with one attached hydrogen (secondary N) is 4. The maximum absolute atomic E-state index is 12.8. The standard InChI is InChI=1S/C21H44N4O2S/c1-16(2)22-13-9-7-11-19(18(5)26)25-21(27)20(24-15-28-6)12-8-10-14-23-17(3)4/h16-17,19-20,22-24H,7-15H2,1-6H3,(H,25,27). The summed E-state index contributed by atoms with van der Waals surface area (Å²) >= 11 is 1.66. The van der Waals surface area contributed by atoms with E-state index in [9.17, 15) is 9.59 Å². The number of ketones is 1. The predicted octanol–water partition coefficient (Wildman–Crippen LogP) is 2.68. The van der Waals surface area contributed by atoms with Crippen LogP contribution in [0.4, 0.5) is 0 Å². The molecule has 0 heterocycles. The molecular formula is C21H44N4O2S. The van der Waals surface area contributed by atoms with E-state index in [2.05, 4.69) is 49.0 Å². The van der Waals surface area contributed by atoms with Crippen molar-refractivity contribution in [1.82, 2.24) is 21.3 Å². The number of carbonyl (C=O) groups is 2. The summed E-state index contributed by atoms with van der Waals surface area (Å²) in [6.45, 7) is 12.0. The zero-order valence-corrected chi connectivity index (χ0v) is 19.7. The minimum atomic E-state index is -0.382. The summed E-state index contributed by atoms with van der Waals surface area (Å²) in [6, 6.07) is 0.340. The Balaban J connectivity index is 4.43. The van der Waals surface area contributed by atoms with Gasteiger partial charge in [-0.25, -0.2) is 0 Å². The lowest BCUT2D eigenvalue weighted by atomic mass is 10.0. The Labute approximate surface area is 177 Å². The maximum Gasteiger partial charge on any atom is 0.237 e. The molecule has 166 valence electrons. The van der Waals surface area contributed by atoms with Crippen LogP contribution in [0.2, 0.25) is 0 Å². The van der Waals surface area contributed by atoms with Gasteiger partial charge in [0.1, 0.15) is 0 Å². The van der Waals surface area contributed by atoms with Crippen LogP contribution in [0.1, 0.15) is 73.1 Å². The third kappa shape index (κ3) is 15.3. The third-order valence-corrected chi connectivity index (χ3v) is 5.00. The number of amides is 1. The van der Waals surface area contributed by atoms with Gasteiger partial charge in [-0.2, -0.15) is 0 Å². The van der Waals surface area contributed by atoms with Gasteiger partial charge >= 0.3 is 0 Å². The molecule has 0 rings (SSSR count). The average Bonchev–Trinajstić information content (AvgIpc) is 2.61. The Morgan fingerprint density at radius 3 is 1.71 bits per heavy atom. The zero-order valence-electron chi connectivity index (χ0n) is 18.9. The van der Waals surface area contributed by atoms with E-state index in [1.165, 1.54) is 0 Å². The molecule has 0 aromatic rings. The molecule has 0 aliphatic carbocycles. The van der Waals surface area contributed by atoms with Gasteiger partial charge in [-0.1, -0.05) is 34.1 Å². The molecular weight excluding hydrogens is 372 g/mol. The van der Waals surface area contributed by atoms with E-state index < -0.39 is 0 Å². The fraction of sp³-hybridized carbons (Fsp3) is 0.905. The molecule has 0 aliphatic rings. The second kappa shape index (κ2) is 17.2. The van der Waals surface area contributed by atoms with Gasteiger partial charge in [0.15, 0.2) is 5.78 Å². The Hall–Kier alpha value is -0.630.